The lowest BCUT2D eigenvalue weighted by Crippen LogP contribution is -2.52. The first kappa shape index (κ1) is 26.5. The molecule has 7 atom stereocenters. The van der Waals surface area contributed by atoms with Gasteiger partial charge in [-0.05, 0) is 105 Å². The molecule has 4 nitrogen and oxygen atoms in total. The first-order valence-electron chi connectivity index (χ1n) is 13.8. The van der Waals surface area contributed by atoms with Gasteiger partial charge in [0.15, 0.2) is 0 Å². The van der Waals surface area contributed by atoms with E-state index in [9.17, 15) is 0 Å². The lowest BCUT2D eigenvalue weighted by atomic mass is 9.45. The molecular formula is C27H54N4. The van der Waals surface area contributed by atoms with E-state index in [0.717, 1.165) is 48.3 Å². The number of nitrogens with two attached hydrogens (primary N) is 2. The Kier molecular flexibility index (Phi) is 10.2. The van der Waals surface area contributed by atoms with Gasteiger partial charge in [0.25, 0.3) is 0 Å². The standard InChI is InChI=1S/C23H42N4.2C2H6/c1-22-14-4-3-6-16(22)9-11-18-19-12-10-17(7-5-8-21(26-24)27-25)23(19,2)15-13-20(18)22;2*1-2/h16-20H,3-15,24-25H2,1-2H3,(H,26,27);2*1-2H3. The fourth-order valence-corrected chi connectivity index (χ4v) is 8.57. The van der Waals surface area contributed by atoms with Crippen molar-refractivity contribution in [2.45, 2.75) is 125 Å². The summed E-state index contributed by atoms with van der Waals surface area (Å²) in [5.74, 6) is 16.6. The Hall–Kier alpha value is -0.770. The van der Waals surface area contributed by atoms with Gasteiger partial charge in [0.2, 0.25) is 0 Å². The highest BCUT2D eigenvalue weighted by molar-refractivity contribution is 5.81. The van der Waals surface area contributed by atoms with E-state index in [2.05, 4.69) is 24.4 Å². The van der Waals surface area contributed by atoms with E-state index in [1.807, 2.05) is 27.7 Å². The van der Waals surface area contributed by atoms with Gasteiger partial charge < -0.3 is 11.3 Å². The van der Waals surface area contributed by atoms with E-state index in [-0.39, 0.29) is 0 Å². The first-order chi connectivity index (χ1) is 15.0. The molecular weight excluding hydrogens is 380 g/mol. The molecule has 0 aromatic carbocycles. The molecule has 4 aliphatic rings. The Morgan fingerprint density at radius 2 is 1.58 bits per heavy atom. The number of hydrazine groups is 1. The Balaban J connectivity index is 0.000000807. The van der Waals surface area contributed by atoms with Crippen LogP contribution in [0.15, 0.2) is 5.10 Å². The Bertz CT molecular complexity index is 561. The van der Waals surface area contributed by atoms with Crippen molar-refractivity contribution in [3.05, 3.63) is 0 Å². The van der Waals surface area contributed by atoms with Crippen molar-refractivity contribution < 1.29 is 0 Å². The monoisotopic (exact) mass is 434 g/mol. The zero-order valence-corrected chi connectivity index (χ0v) is 21.7. The van der Waals surface area contributed by atoms with Crippen LogP contribution >= 0.6 is 0 Å². The summed E-state index contributed by atoms with van der Waals surface area (Å²) in [6.07, 6.45) is 18.3. The molecule has 7 unspecified atom stereocenters. The summed E-state index contributed by atoms with van der Waals surface area (Å²) >= 11 is 0. The van der Waals surface area contributed by atoms with Crippen LogP contribution < -0.4 is 17.1 Å². The van der Waals surface area contributed by atoms with Crippen LogP contribution in [0.1, 0.15) is 125 Å². The van der Waals surface area contributed by atoms with Crippen molar-refractivity contribution in [2.75, 3.05) is 0 Å². The zero-order valence-electron chi connectivity index (χ0n) is 21.7. The Labute approximate surface area is 193 Å². The maximum absolute atomic E-state index is 5.49. The molecule has 4 saturated carbocycles. The molecule has 5 N–H and O–H groups in total. The van der Waals surface area contributed by atoms with E-state index < -0.39 is 0 Å². The smallest absolute Gasteiger partial charge is 0.135 e. The highest BCUT2D eigenvalue weighted by Gasteiger charge is 2.59. The molecule has 0 amide bonds. The Morgan fingerprint density at radius 1 is 0.871 bits per heavy atom. The molecule has 0 radical (unpaired) electrons. The quantitative estimate of drug-likeness (QED) is 0.193. The molecule has 4 rings (SSSR count). The summed E-state index contributed by atoms with van der Waals surface area (Å²) in [5.41, 5.74) is 3.88. The molecule has 4 aliphatic carbocycles. The minimum absolute atomic E-state index is 0.579. The normalized spacial score (nSPS) is 41.4. The number of fused-ring (bicyclic) bond motifs is 5. The maximum Gasteiger partial charge on any atom is 0.135 e. The van der Waals surface area contributed by atoms with E-state index >= 15 is 0 Å². The van der Waals surface area contributed by atoms with Crippen LogP contribution in [-0.4, -0.2) is 5.84 Å². The number of hydrazone groups is 1. The highest BCUT2D eigenvalue weighted by Crippen LogP contribution is 2.67. The second-order valence-electron chi connectivity index (χ2n) is 10.8. The van der Waals surface area contributed by atoms with Crippen LogP contribution in [0.25, 0.3) is 0 Å². The van der Waals surface area contributed by atoms with Gasteiger partial charge in [-0.1, -0.05) is 54.4 Å². The minimum atomic E-state index is 0.579. The molecule has 0 heterocycles. The molecule has 0 bridgehead atoms. The molecule has 0 spiro atoms. The van der Waals surface area contributed by atoms with Gasteiger partial charge in [0.1, 0.15) is 5.84 Å². The van der Waals surface area contributed by atoms with Crippen molar-refractivity contribution in [3.8, 4) is 0 Å². The predicted octanol–water partition coefficient (Wildman–Crippen LogP) is 6.99. The zero-order chi connectivity index (χ0) is 23.1. The maximum atomic E-state index is 5.49. The molecule has 182 valence electrons. The van der Waals surface area contributed by atoms with Crippen molar-refractivity contribution >= 4 is 5.84 Å². The average Bonchev–Trinajstić information content (AvgIpc) is 3.15. The van der Waals surface area contributed by atoms with Crippen molar-refractivity contribution in [2.24, 2.45) is 57.2 Å². The van der Waals surface area contributed by atoms with Crippen LogP contribution in [0.3, 0.4) is 0 Å². The molecule has 0 aliphatic heterocycles. The summed E-state index contributed by atoms with van der Waals surface area (Å²) in [7, 11) is 0. The number of amidine groups is 1. The van der Waals surface area contributed by atoms with Gasteiger partial charge in [0, 0.05) is 6.42 Å². The number of nitrogens with zero attached hydrogens (tertiary/aromatic N) is 1. The van der Waals surface area contributed by atoms with E-state index in [0.29, 0.717) is 10.8 Å². The van der Waals surface area contributed by atoms with Crippen LogP contribution in [0.5, 0.6) is 0 Å². The lowest BCUT2D eigenvalue weighted by Gasteiger charge is -2.60. The summed E-state index contributed by atoms with van der Waals surface area (Å²) in [5, 5.41) is 3.75. The number of hydrogen-bond donors (Lipinski definition) is 3. The minimum Gasteiger partial charge on any atom is -0.322 e. The second-order valence-corrected chi connectivity index (χ2v) is 10.8. The third kappa shape index (κ3) is 5.09. The fourth-order valence-electron chi connectivity index (χ4n) is 8.57. The summed E-state index contributed by atoms with van der Waals surface area (Å²) < 4.78 is 0. The van der Waals surface area contributed by atoms with Crippen LogP contribution in [0.4, 0.5) is 0 Å². The van der Waals surface area contributed by atoms with E-state index in [4.69, 9.17) is 11.7 Å². The van der Waals surface area contributed by atoms with E-state index in [1.165, 1.54) is 70.6 Å². The number of nitrogens with one attached hydrogen (secondary N) is 1. The lowest BCUT2D eigenvalue weighted by molar-refractivity contribution is -0.111. The molecule has 4 fully saturated rings. The van der Waals surface area contributed by atoms with Gasteiger partial charge in [0.05, 0.1) is 0 Å². The summed E-state index contributed by atoms with van der Waals surface area (Å²) in [6.45, 7) is 13.3. The fraction of sp³-hybridized carbons (Fsp3) is 0.963. The third-order valence-corrected chi connectivity index (χ3v) is 10.1. The Morgan fingerprint density at radius 3 is 2.26 bits per heavy atom. The van der Waals surface area contributed by atoms with Crippen LogP contribution in [0, 0.1) is 40.4 Å². The van der Waals surface area contributed by atoms with Gasteiger partial charge >= 0.3 is 0 Å². The molecule has 0 aromatic rings. The predicted molar refractivity (Wildman–Crippen MR) is 135 cm³/mol. The van der Waals surface area contributed by atoms with Crippen LogP contribution in [-0.2, 0) is 0 Å². The third-order valence-electron chi connectivity index (χ3n) is 10.1. The summed E-state index contributed by atoms with van der Waals surface area (Å²) in [6, 6.07) is 0. The number of hydrogen-bond acceptors (Lipinski definition) is 3. The highest BCUT2D eigenvalue weighted by atomic mass is 15.3. The van der Waals surface area contributed by atoms with Crippen molar-refractivity contribution in [1.82, 2.24) is 5.43 Å². The van der Waals surface area contributed by atoms with E-state index in [1.54, 1.807) is 0 Å². The van der Waals surface area contributed by atoms with Crippen molar-refractivity contribution in [1.29, 1.82) is 0 Å². The summed E-state index contributed by atoms with van der Waals surface area (Å²) in [4.78, 5) is 0. The topological polar surface area (TPSA) is 76.4 Å². The van der Waals surface area contributed by atoms with Gasteiger partial charge in [-0.15, -0.1) is 0 Å². The SMILES string of the molecule is CC.CC.CC12CCCCC1CCC1C2CCC2(C)C(CCC/C(=N/N)NN)CCC12. The second kappa shape index (κ2) is 11.9. The van der Waals surface area contributed by atoms with Gasteiger partial charge in [-0.3, -0.25) is 0 Å². The van der Waals surface area contributed by atoms with Crippen LogP contribution in [0.2, 0.25) is 0 Å². The van der Waals surface area contributed by atoms with Gasteiger partial charge in [-0.2, -0.15) is 5.10 Å². The van der Waals surface area contributed by atoms with Gasteiger partial charge in [-0.25, -0.2) is 5.84 Å². The molecule has 0 aromatic heterocycles. The molecule has 4 heteroatoms. The molecule has 0 saturated heterocycles. The average molecular weight is 435 g/mol. The molecule has 31 heavy (non-hydrogen) atoms. The first-order valence-corrected chi connectivity index (χ1v) is 13.8. The number of rotatable bonds is 4. The largest absolute Gasteiger partial charge is 0.322 e. The van der Waals surface area contributed by atoms with Crippen molar-refractivity contribution in [3.63, 3.8) is 0 Å².